The lowest BCUT2D eigenvalue weighted by molar-refractivity contribution is -0.133. The molecule has 0 unspecified atom stereocenters. The molecule has 3 rings (SSSR count). The van der Waals surface area contributed by atoms with Gasteiger partial charge >= 0.3 is 0 Å². The number of hydrogen-bond donors (Lipinski definition) is 1. The van der Waals surface area contributed by atoms with Crippen molar-refractivity contribution in [3.05, 3.63) is 34.4 Å². The number of carbonyl (C=O) groups is 3. The maximum absolute atomic E-state index is 13.0. The molecule has 1 aromatic rings. The number of aryl methyl sites for hydroxylation is 1. The molecule has 0 bridgehead atoms. The zero-order valence-electron chi connectivity index (χ0n) is 15.4. The number of hydrogen-bond acceptors (Lipinski definition) is 7. The molecule has 27 heavy (non-hydrogen) atoms. The number of carbonyl (C=O) groups excluding carboxylic acids is 3. The smallest absolute Gasteiger partial charge is 0.182 e. The molecule has 2 aliphatic rings. The summed E-state index contributed by atoms with van der Waals surface area (Å²) in [5.74, 6) is -2.78. The van der Waals surface area contributed by atoms with Gasteiger partial charge in [0.15, 0.2) is 27.2 Å². The van der Waals surface area contributed by atoms with Gasteiger partial charge < -0.3 is 0 Å². The summed E-state index contributed by atoms with van der Waals surface area (Å²) in [6.07, 6.45) is 2.36. The number of benzene rings is 1. The van der Waals surface area contributed by atoms with Gasteiger partial charge in [0.1, 0.15) is 5.92 Å². The van der Waals surface area contributed by atoms with Crippen molar-refractivity contribution in [3.8, 4) is 0 Å². The van der Waals surface area contributed by atoms with E-state index in [1.54, 1.807) is 13.8 Å². The summed E-state index contributed by atoms with van der Waals surface area (Å²) in [7, 11) is -2.15. The summed E-state index contributed by atoms with van der Waals surface area (Å²) in [5.41, 5.74) is 4.46. The lowest BCUT2D eigenvalue weighted by Crippen LogP contribution is -2.36. The van der Waals surface area contributed by atoms with Crippen molar-refractivity contribution in [2.75, 3.05) is 12.9 Å². The van der Waals surface area contributed by atoms with Gasteiger partial charge in [0.2, 0.25) is 0 Å². The van der Waals surface area contributed by atoms with Crippen LogP contribution >= 0.6 is 0 Å². The first-order valence-electron chi connectivity index (χ1n) is 8.65. The fraction of sp³-hybridized carbons (Fsp3) is 0.421. The van der Waals surface area contributed by atoms with Crippen molar-refractivity contribution in [3.63, 3.8) is 0 Å². The summed E-state index contributed by atoms with van der Waals surface area (Å²) >= 11 is 0. The van der Waals surface area contributed by atoms with Crippen molar-refractivity contribution in [2.24, 2.45) is 5.92 Å². The normalized spacial score (nSPS) is 19.4. The number of ketones is 3. The van der Waals surface area contributed by atoms with E-state index < -0.39 is 21.5 Å². The number of rotatable bonds is 4. The Hall–Kier alpha value is -2.32. The molecule has 7 nitrogen and oxygen atoms in total. The van der Waals surface area contributed by atoms with Gasteiger partial charge in [0, 0.05) is 24.0 Å². The SMILES string of the molecule is CONC1=CCS(=O)(=O)c2c(C)cc(C(=O)C3C(=O)CCCC3=O)c(C)c21. The molecule has 144 valence electrons. The molecule has 1 aromatic carbocycles. The third kappa shape index (κ3) is 3.23. The second kappa shape index (κ2) is 7.01. The Morgan fingerprint density at radius 1 is 1.19 bits per heavy atom. The molecule has 1 fully saturated rings. The lowest BCUT2D eigenvalue weighted by Gasteiger charge is -2.25. The van der Waals surface area contributed by atoms with Crippen LogP contribution in [0.3, 0.4) is 0 Å². The Balaban J connectivity index is 2.20. The quantitative estimate of drug-likeness (QED) is 0.473. The van der Waals surface area contributed by atoms with E-state index in [9.17, 15) is 22.8 Å². The second-order valence-electron chi connectivity index (χ2n) is 6.86. The third-order valence-electron chi connectivity index (χ3n) is 5.04. The minimum Gasteiger partial charge on any atom is -0.298 e. The molecule has 1 N–H and O–H groups in total. The fourth-order valence-corrected chi connectivity index (χ4v) is 5.48. The number of hydroxylamine groups is 1. The second-order valence-corrected chi connectivity index (χ2v) is 8.83. The molecule has 1 heterocycles. The molecule has 0 amide bonds. The van der Waals surface area contributed by atoms with E-state index in [2.05, 4.69) is 5.48 Å². The average molecular weight is 391 g/mol. The van der Waals surface area contributed by atoms with Crippen LogP contribution in [0.1, 0.15) is 46.3 Å². The van der Waals surface area contributed by atoms with Crippen LogP contribution in [-0.2, 0) is 24.3 Å². The van der Waals surface area contributed by atoms with Crippen molar-refractivity contribution >= 4 is 32.9 Å². The summed E-state index contributed by atoms with van der Waals surface area (Å²) in [4.78, 5) is 42.5. The molecule has 0 radical (unpaired) electrons. The van der Waals surface area contributed by atoms with Crippen LogP contribution in [0.25, 0.3) is 5.70 Å². The highest BCUT2D eigenvalue weighted by atomic mass is 32.2. The Bertz CT molecular complexity index is 974. The van der Waals surface area contributed by atoms with Gasteiger partial charge in [-0.15, -0.1) is 0 Å². The van der Waals surface area contributed by atoms with Crippen molar-refractivity contribution < 1.29 is 27.6 Å². The van der Waals surface area contributed by atoms with Gasteiger partial charge in [0.05, 0.1) is 23.5 Å². The maximum Gasteiger partial charge on any atom is 0.182 e. The van der Waals surface area contributed by atoms with E-state index in [1.807, 2.05) is 0 Å². The first-order chi connectivity index (χ1) is 12.7. The van der Waals surface area contributed by atoms with E-state index in [1.165, 1.54) is 19.3 Å². The molecule has 8 heteroatoms. The van der Waals surface area contributed by atoms with Crippen LogP contribution in [0, 0.1) is 19.8 Å². The Labute approximate surface area is 157 Å². The Morgan fingerprint density at radius 2 is 1.81 bits per heavy atom. The lowest BCUT2D eigenvalue weighted by atomic mass is 9.80. The molecule has 1 saturated carbocycles. The van der Waals surface area contributed by atoms with Crippen LogP contribution < -0.4 is 5.48 Å². The topological polar surface area (TPSA) is 107 Å². The van der Waals surface area contributed by atoms with E-state index in [-0.39, 0.29) is 40.6 Å². The van der Waals surface area contributed by atoms with Gasteiger partial charge in [-0.25, -0.2) is 8.42 Å². The van der Waals surface area contributed by atoms with Crippen molar-refractivity contribution in [2.45, 2.75) is 38.0 Å². The van der Waals surface area contributed by atoms with Crippen molar-refractivity contribution in [1.29, 1.82) is 0 Å². The van der Waals surface area contributed by atoms with Gasteiger partial charge in [-0.2, -0.15) is 0 Å². The predicted octanol–water partition coefficient (Wildman–Crippen LogP) is 1.70. The van der Waals surface area contributed by atoms with Gasteiger partial charge in [0.25, 0.3) is 0 Å². The standard InChI is InChI=1S/C19H21NO6S/c1-10-9-12(18(23)17-14(21)5-4-6-15(17)22)11(2)16-13(20-26-3)7-8-27(24,25)19(10)16/h7,9,17,20H,4-6,8H2,1-3H3. The number of nitrogens with one attached hydrogen (secondary N) is 1. The van der Waals surface area contributed by atoms with Crippen LogP contribution in [0.5, 0.6) is 0 Å². The number of Topliss-reactive ketones (excluding diaryl/α,β-unsaturated/α-hetero) is 3. The van der Waals surface area contributed by atoms with Gasteiger partial charge in [-0.3, -0.25) is 24.7 Å². The van der Waals surface area contributed by atoms with E-state index in [0.29, 0.717) is 28.8 Å². The van der Waals surface area contributed by atoms with Crippen LogP contribution in [0.4, 0.5) is 0 Å². The first kappa shape index (κ1) is 19.4. The highest BCUT2D eigenvalue weighted by Crippen LogP contribution is 2.36. The minimum absolute atomic E-state index is 0.139. The Morgan fingerprint density at radius 3 is 2.41 bits per heavy atom. The molecule has 0 aromatic heterocycles. The third-order valence-corrected chi connectivity index (χ3v) is 6.80. The largest absolute Gasteiger partial charge is 0.298 e. The molecular formula is C19H21NO6S. The highest BCUT2D eigenvalue weighted by Gasteiger charge is 2.39. The van der Waals surface area contributed by atoms with Crippen molar-refractivity contribution in [1.82, 2.24) is 5.48 Å². The highest BCUT2D eigenvalue weighted by molar-refractivity contribution is 7.91. The number of sulfone groups is 1. The average Bonchev–Trinajstić information content (AvgIpc) is 2.59. The Kier molecular flexibility index (Phi) is 5.05. The summed E-state index contributed by atoms with van der Waals surface area (Å²) in [6.45, 7) is 3.22. The first-order valence-corrected chi connectivity index (χ1v) is 10.3. The molecule has 0 saturated heterocycles. The number of fused-ring (bicyclic) bond motifs is 1. The van der Waals surface area contributed by atoms with Crippen LogP contribution in [0.2, 0.25) is 0 Å². The van der Waals surface area contributed by atoms with Crippen LogP contribution in [0.15, 0.2) is 17.0 Å². The minimum atomic E-state index is -3.55. The molecule has 1 aliphatic carbocycles. The van der Waals surface area contributed by atoms with Crippen LogP contribution in [-0.4, -0.2) is 38.6 Å². The van der Waals surface area contributed by atoms with E-state index >= 15 is 0 Å². The zero-order chi connectivity index (χ0) is 19.9. The van der Waals surface area contributed by atoms with E-state index in [4.69, 9.17) is 4.84 Å². The summed E-state index contributed by atoms with van der Waals surface area (Å²) < 4.78 is 25.2. The van der Waals surface area contributed by atoms with E-state index in [0.717, 1.165) is 0 Å². The maximum atomic E-state index is 13.0. The molecule has 1 aliphatic heterocycles. The fourth-order valence-electron chi connectivity index (χ4n) is 3.81. The summed E-state index contributed by atoms with van der Waals surface area (Å²) in [5, 5.41) is 0. The molecule has 0 atom stereocenters. The van der Waals surface area contributed by atoms with Gasteiger partial charge in [-0.05, 0) is 43.5 Å². The molecular weight excluding hydrogens is 370 g/mol. The summed E-state index contributed by atoms with van der Waals surface area (Å²) in [6, 6.07) is 1.47. The monoisotopic (exact) mass is 391 g/mol. The van der Waals surface area contributed by atoms with Gasteiger partial charge in [-0.1, -0.05) is 0 Å². The zero-order valence-corrected chi connectivity index (χ0v) is 16.2. The predicted molar refractivity (Wildman–Crippen MR) is 97.8 cm³/mol. The molecule has 0 spiro atoms.